The highest BCUT2D eigenvalue weighted by Gasteiger charge is 2.09. The minimum absolute atomic E-state index is 0.114. The zero-order valence-corrected chi connectivity index (χ0v) is 12.9. The first-order chi connectivity index (χ1) is 10.2. The molecule has 4 nitrogen and oxygen atoms in total. The predicted molar refractivity (Wildman–Crippen MR) is 81.5 cm³/mol. The van der Waals surface area contributed by atoms with Gasteiger partial charge in [0.1, 0.15) is 5.76 Å². The first-order valence-electron chi connectivity index (χ1n) is 7.13. The Hall–Kier alpha value is -1.91. The summed E-state index contributed by atoms with van der Waals surface area (Å²) >= 11 is 0. The number of aldehydes is 1. The maximum Gasteiger partial charge on any atom is 0.244 e. The number of halogens is 1. The van der Waals surface area contributed by atoms with E-state index in [-0.39, 0.29) is 12.5 Å². The van der Waals surface area contributed by atoms with Crippen LogP contribution in [0.15, 0.2) is 35.1 Å². The van der Waals surface area contributed by atoms with Crippen molar-refractivity contribution >= 4 is 12.2 Å². The highest BCUT2D eigenvalue weighted by molar-refractivity contribution is 5.89. The van der Waals surface area contributed by atoms with Crippen molar-refractivity contribution in [1.82, 2.24) is 5.32 Å². The lowest BCUT2D eigenvalue weighted by Gasteiger charge is -2.10. The minimum Gasteiger partial charge on any atom is -0.496 e. The number of hydrogen-bond acceptors (Lipinski definition) is 3. The minimum atomic E-state index is -0.402. The predicted octanol–water partition coefficient (Wildman–Crippen LogP) is 2.86. The molecule has 0 atom stereocenters. The molecule has 1 heterocycles. The fourth-order valence-corrected chi connectivity index (χ4v) is 1.76. The second kappa shape index (κ2) is 11.9. The second-order valence-corrected chi connectivity index (χ2v) is 4.13. The molecule has 1 aliphatic rings. The standard InChI is InChI=1S/C14H18FNO3.C2H6/c1-19-13-6-2-4-11(5-3-7-15)8-14(18)16-9-12(13)10-17;1-2/h2,6,8,10H,3-5,7,9H2,1H3,(H,16,18);1-2H3/b6-2-,11-8+,13-12-;. The van der Waals surface area contributed by atoms with Crippen LogP contribution >= 0.6 is 0 Å². The summed E-state index contributed by atoms with van der Waals surface area (Å²) in [5, 5.41) is 2.61. The zero-order chi connectivity index (χ0) is 16.1. The third kappa shape index (κ3) is 7.44. The van der Waals surface area contributed by atoms with Gasteiger partial charge < -0.3 is 10.1 Å². The van der Waals surface area contributed by atoms with Gasteiger partial charge in [0.2, 0.25) is 5.91 Å². The van der Waals surface area contributed by atoms with E-state index in [2.05, 4.69) is 5.32 Å². The van der Waals surface area contributed by atoms with Gasteiger partial charge in [0.15, 0.2) is 6.29 Å². The second-order valence-electron chi connectivity index (χ2n) is 4.13. The summed E-state index contributed by atoms with van der Waals surface area (Å²) in [5.41, 5.74) is 1.24. The summed E-state index contributed by atoms with van der Waals surface area (Å²) in [6, 6.07) is 0. The summed E-state index contributed by atoms with van der Waals surface area (Å²) in [7, 11) is 1.47. The van der Waals surface area contributed by atoms with E-state index in [0.29, 0.717) is 36.9 Å². The summed E-state index contributed by atoms with van der Waals surface area (Å²) < 4.78 is 17.3. The number of rotatable bonds is 5. The quantitative estimate of drug-likeness (QED) is 0.794. The van der Waals surface area contributed by atoms with E-state index in [1.807, 2.05) is 19.9 Å². The van der Waals surface area contributed by atoms with Crippen molar-refractivity contribution in [3.63, 3.8) is 0 Å². The molecule has 1 N–H and O–H groups in total. The molecule has 0 aliphatic carbocycles. The Labute approximate surface area is 125 Å². The molecule has 5 heteroatoms. The Balaban J connectivity index is 0.00000191. The molecule has 0 saturated carbocycles. The molecule has 0 aromatic rings. The summed E-state index contributed by atoms with van der Waals surface area (Å²) in [5.74, 6) is 0.154. The van der Waals surface area contributed by atoms with Crippen LogP contribution in [0.4, 0.5) is 4.39 Å². The lowest BCUT2D eigenvalue weighted by Crippen LogP contribution is -2.25. The number of hydrogen-bond donors (Lipinski definition) is 1. The molecule has 1 aliphatic heterocycles. The number of alkyl halides is 1. The molecule has 21 heavy (non-hydrogen) atoms. The number of carbonyl (C=O) groups excluding carboxylic acids is 2. The van der Waals surface area contributed by atoms with Crippen molar-refractivity contribution in [3.05, 3.63) is 35.1 Å². The van der Waals surface area contributed by atoms with E-state index in [0.717, 1.165) is 5.57 Å². The van der Waals surface area contributed by atoms with Crippen molar-refractivity contribution in [3.8, 4) is 0 Å². The molecular formula is C16H24FNO3. The van der Waals surface area contributed by atoms with Crippen LogP contribution < -0.4 is 5.32 Å². The maximum atomic E-state index is 12.2. The number of amides is 1. The van der Waals surface area contributed by atoms with E-state index in [1.165, 1.54) is 13.2 Å². The van der Waals surface area contributed by atoms with Crippen molar-refractivity contribution in [1.29, 1.82) is 0 Å². The number of methoxy groups -OCH3 is 1. The first-order valence-corrected chi connectivity index (χ1v) is 7.13. The van der Waals surface area contributed by atoms with Gasteiger partial charge in [-0.3, -0.25) is 14.0 Å². The molecule has 1 amide bonds. The molecule has 0 saturated heterocycles. The van der Waals surface area contributed by atoms with Crippen LogP contribution in [0.5, 0.6) is 0 Å². The number of nitrogens with one attached hydrogen (secondary N) is 1. The van der Waals surface area contributed by atoms with Crippen LogP contribution in [0.25, 0.3) is 0 Å². The van der Waals surface area contributed by atoms with Crippen molar-refractivity contribution in [2.75, 3.05) is 20.3 Å². The molecule has 0 unspecified atom stereocenters. The first kappa shape index (κ1) is 19.1. The molecule has 0 fully saturated rings. The third-order valence-electron chi connectivity index (χ3n) is 2.75. The topological polar surface area (TPSA) is 55.4 Å². The van der Waals surface area contributed by atoms with Gasteiger partial charge in [-0.2, -0.15) is 0 Å². The summed E-state index contributed by atoms with van der Waals surface area (Å²) in [4.78, 5) is 22.6. The SMILES string of the molecule is CC.COC1=C(\C=O)CNC(=O)/C=C(/CCCF)C/C=C\1. The fourth-order valence-electron chi connectivity index (χ4n) is 1.76. The molecular weight excluding hydrogens is 273 g/mol. The fraction of sp³-hybridized carbons (Fsp3) is 0.500. The highest BCUT2D eigenvalue weighted by atomic mass is 19.1. The van der Waals surface area contributed by atoms with Crippen LogP contribution in [0, 0.1) is 0 Å². The molecule has 0 aromatic carbocycles. The van der Waals surface area contributed by atoms with Gasteiger partial charge in [-0.15, -0.1) is 0 Å². The van der Waals surface area contributed by atoms with E-state index < -0.39 is 6.67 Å². The lowest BCUT2D eigenvalue weighted by atomic mass is 10.0. The van der Waals surface area contributed by atoms with Gasteiger partial charge in [0.05, 0.1) is 19.4 Å². The van der Waals surface area contributed by atoms with E-state index in [4.69, 9.17) is 4.74 Å². The summed E-state index contributed by atoms with van der Waals surface area (Å²) in [6.45, 7) is 3.71. The van der Waals surface area contributed by atoms with Crippen LogP contribution in [0.2, 0.25) is 0 Å². The summed E-state index contributed by atoms with van der Waals surface area (Å²) in [6.07, 6.45) is 7.13. The smallest absolute Gasteiger partial charge is 0.244 e. The average molecular weight is 297 g/mol. The molecule has 0 aromatic heterocycles. The molecule has 1 rings (SSSR count). The van der Waals surface area contributed by atoms with Crippen LogP contribution in [0.1, 0.15) is 33.1 Å². The van der Waals surface area contributed by atoms with Crippen molar-refractivity contribution < 1.29 is 18.7 Å². The Morgan fingerprint density at radius 3 is 2.71 bits per heavy atom. The van der Waals surface area contributed by atoms with Crippen LogP contribution in [0.3, 0.4) is 0 Å². The Morgan fingerprint density at radius 1 is 1.43 bits per heavy atom. The number of allylic oxidation sites excluding steroid dienone is 3. The Bertz CT molecular complexity index is 425. The third-order valence-corrected chi connectivity index (χ3v) is 2.75. The maximum absolute atomic E-state index is 12.2. The molecule has 0 radical (unpaired) electrons. The largest absolute Gasteiger partial charge is 0.496 e. The van der Waals surface area contributed by atoms with E-state index in [1.54, 1.807) is 6.08 Å². The van der Waals surface area contributed by atoms with Crippen LogP contribution in [-0.4, -0.2) is 32.5 Å². The zero-order valence-electron chi connectivity index (χ0n) is 12.9. The van der Waals surface area contributed by atoms with Crippen LogP contribution in [-0.2, 0) is 14.3 Å². The van der Waals surface area contributed by atoms with E-state index in [9.17, 15) is 14.0 Å². The van der Waals surface area contributed by atoms with Gasteiger partial charge in [-0.05, 0) is 25.3 Å². The van der Waals surface area contributed by atoms with Gasteiger partial charge in [-0.1, -0.05) is 25.5 Å². The molecule has 0 bridgehead atoms. The Morgan fingerprint density at radius 2 is 2.14 bits per heavy atom. The van der Waals surface area contributed by atoms with Gasteiger partial charge in [0.25, 0.3) is 0 Å². The normalized spacial score (nSPS) is 22.9. The van der Waals surface area contributed by atoms with Gasteiger partial charge in [-0.25, -0.2) is 0 Å². The lowest BCUT2D eigenvalue weighted by molar-refractivity contribution is -0.116. The molecule has 118 valence electrons. The van der Waals surface area contributed by atoms with Crippen molar-refractivity contribution in [2.24, 2.45) is 0 Å². The molecule has 0 spiro atoms. The number of ether oxygens (including phenoxy) is 1. The Kier molecular flexibility index (Phi) is 10.8. The van der Waals surface area contributed by atoms with E-state index >= 15 is 0 Å². The van der Waals surface area contributed by atoms with Crippen molar-refractivity contribution in [2.45, 2.75) is 33.1 Å². The monoisotopic (exact) mass is 297 g/mol. The number of carbonyl (C=O) groups is 2. The van der Waals surface area contributed by atoms with Gasteiger partial charge >= 0.3 is 0 Å². The van der Waals surface area contributed by atoms with Gasteiger partial charge in [0, 0.05) is 12.6 Å². The highest BCUT2D eigenvalue weighted by Crippen LogP contribution is 2.14. The average Bonchev–Trinajstić information content (AvgIpc) is 2.52.